The summed E-state index contributed by atoms with van der Waals surface area (Å²) in [5.41, 5.74) is 4.16. The molecule has 0 atom stereocenters. The quantitative estimate of drug-likeness (QED) is 0.437. The van der Waals surface area contributed by atoms with Gasteiger partial charge in [-0.15, -0.1) is 0 Å². The molecule has 0 bridgehead atoms. The van der Waals surface area contributed by atoms with Crippen LogP contribution in [0.2, 0.25) is 10.0 Å². The minimum Gasteiger partial charge on any atom is -0.380 e. The molecule has 0 spiro atoms. The topological polar surface area (TPSA) is 61.4 Å². The van der Waals surface area contributed by atoms with Crippen LogP contribution in [0.3, 0.4) is 0 Å². The van der Waals surface area contributed by atoms with Gasteiger partial charge in [0.2, 0.25) is 0 Å². The lowest BCUT2D eigenvalue weighted by atomic mass is 10.1. The second-order valence-corrected chi connectivity index (χ2v) is 5.40. The Kier molecular flexibility index (Phi) is 5.83. The average Bonchev–Trinajstić information content (AvgIpc) is 2.50. The number of para-hydroxylation sites is 1. The van der Waals surface area contributed by atoms with Crippen LogP contribution in [0.1, 0.15) is 11.1 Å². The maximum absolute atomic E-state index is 11.1. The van der Waals surface area contributed by atoms with Crippen LogP contribution >= 0.6 is 23.2 Å². The van der Waals surface area contributed by atoms with Crippen molar-refractivity contribution in [2.45, 2.75) is 6.54 Å². The van der Waals surface area contributed by atoms with Gasteiger partial charge in [-0.1, -0.05) is 41.4 Å². The molecule has 0 heterocycles. The van der Waals surface area contributed by atoms with E-state index in [4.69, 9.17) is 28.4 Å². The molecule has 3 N–H and O–H groups in total. The molecule has 1 amide bonds. The molecule has 0 aliphatic heterocycles. The Morgan fingerprint density at radius 3 is 2.50 bits per heavy atom. The zero-order valence-electron chi connectivity index (χ0n) is 11.5. The highest BCUT2D eigenvalue weighted by Gasteiger charge is 2.02. The standard InChI is InChI=1S/C16H14Cl2N2O2/c17-13-7-11(8-14(18)9-13)10-19-15-4-2-1-3-12(15)5-6-16(21)20-22/h1-9,19,22H,10H2,(H,20,21)/b6-5+. The van der Waals surface area contributed by atoms with Crippen LogP contribution in [0.4, 0.5) is 5.69 Å². The highest BCUT2D eigenvalue weighted by molar-refractivity contribution is 6.34. The van der Waals surface area contributed by atoms with Crippen LogP contribution in [-0.4, -0.2) is 11.1 Å². The Hall–Kier alpha value is -2.01. The fraction of sp³-hybridized carbons (Fsp3) is 0.0625. The summed E-state index contributed by atoms with van der Waals surface area (Å²) in [5.74, 6) is -0.587. The molecule has 0 aliphatic carbocycles. The SMILES string of the molecule is O=C(/C=C/c1ccccc1NCc1cc(Cl)cc(Cl)c1)NO. The average molecular weight is 337 g/mol. The molecule has 6 heteroatoms. The van der Waals surface area contributed by atoms with Crippen molar-refractivity contribution in [2.75, 3.05) is 5.32 Å². The maximum atomic E-state index is 11.1. The molecule has 2 rings (SSSR count). The number of hydrogen-bond acceptors (Lipinski definition) is 3. The molecule has 2 aromatic rings. The van der Waals surface area contributed by atoms with Gasteiger partial charge < -0.3 is 5.32 Å². The van der Waals surface area contributed by atoms with Crippen LogP contribution in [0.25, 0.3) is 6.08 Å². The zero-order valence-corrected chi connectivity index (χ0v) is 13.0. The fourth-order valence-electron chi connectivity index (χ4n) is 1.92. The highest BCUT2D eigenvalue weighted by atomic mass is 35.5. The molecule has 4 nitrogen and oxygen atoms in total. The van der Waals surface area contributed by atoms with Crippen molar-refractivity contribution in [1.29, 1.82) is 0 Å². The van der Waals surface area contributed by atoms with E-state index in [0.29, 0.717) is 16.6 Å². The number of amides is 1. The number of carbonyl (C=O) groups is 1. The van der Waals surface area contributed by atoms with E-state index in [-0.39, 0.29) is 0 Å². The largest absolute Gasteiger partial charge is 0.380 e. The Morgan fingerprint density at radius 1 is 1.14 bits per heavy atom. The molecule has 0 radical (unpaired) electrons. The van der Waals surface area contributed by atoms with Crippen LogP contribution < -0.4 is 10.8 Å². The molecular weight excluding hydrogens is 323 g/mol. The van der Waals surface area contributed by atoms with Gasteiger partial charge in [0.25, 0.3) is 5.91 Å². The van der Waals surface area contributed by atoms with Crippen LogP contribution in [0.15, 0.2) is 48.5 Å². The van der Waals surface area contributed by atoms with Gasteiger partial charge in [0, 0.05) is 28.4 Å². The van der Waals surface area contributed by atoms with E-state index in [1.165, 1.54) is 6.08 Å². The second-order valence-electron chi connectivity index (χ2n) is 4.53. The summed E-state index contributed by atoms with van der Waals surface area (Å²) in [5, 5.41) is 12.9. The third-order valence-electron chi connectivity index (χ3n) is 2.89. The fourth-order valence-corrected chi connectivity index (χ4v) is 2.49. The van der Waals surface area contributed by atoms with Gasteiger partial charge in [0.1, 0.15) is 0 Å². The normalized spacial score (nSPS) is 10.7. The Bertz CT molecular complexity index is 682. The number of benzene rings is 2. The van der Waals surface area contributed by atoms with Crippen molar-refractivity contribution in [1.82, 2.24) is 5.48 Å². The first-order valence-electron chi connectivity index (χ1n) is 6.48. The van der Waals surface area contributed by atoms with Crippen LogP contribution in [0, 0.1) is 0 Å². The van der Waals surface area contributed by atoms with Crippen molar-refractivity contribution in [3.8, 4) is 0 Å². The summed E-state index contributed by atoms with van der Waals surface area (Å²) >= 11 is 11.9. The summed E-state index contributed by atoms with van der Waals surface area (Å²) < 4.78 is 0. The lowest BCUT2D eigenvalue weighted by Gasteiger charge is -2.10. The Morgan fingerprint density at radius 2 is 1.82 bits per heavy atom. The van der Waals surface area contributed by atoms with Crippen molar-refractivity contribution >= 4 is 40.9 Å². The van der Waals surface area contributed by atoms with Crippen LogP contribution in [0.5, 0.6) is 0 Å². The lowest BCUT2D eigenvalue weighted by Crippen LogP contribution is -2.14. The monoisotopic (exact) mass is 336 g/mol. The van der Waals surface area contributed by atoms with E-state index in [2.05, 4.69) is 5.32 Å². The summed E-state index contributed by atoms with van der Waals surface area (Å²) in [7, 11) is 0. The van der Waals surface area contributed by atoms with Gasteiger partial charge in [-0.2, -0.15) is 0 Å². The minimum atomic E-state index is -0.587. The van der Waals surface area contributed by atoms with Crippen LogP contribution in [-0.2, 0) is 11.3 Å². The van der Waals surface area contributed by atoms with E-state index >= 15 is 0 Å². The smallest absolute Gasteiger partial charge is 0.267 e. The van der Waals surface area contributed by atoms with Crippen molar-refractivity contribution in [3.05, 3.63) is 69.7 Å². The van der Waals surface area contributed by atoms with Gasteiger partial charge in [0.15, 0.2) is 0 Å². The molecule has 0 saturated carbocycles. The number of hydrogen-bond donors (Lipinski definition) is 3. The Labute approximate surface area is 138 Å². The molecule has 2 aromatic carbocycles. The first-order valence-corrected chi connectivity index (χ1v) is 7.24. The van der Waals surface area contributed by atoms with Crippen molar-refractivity contribution in [3.63, 3.8) is 0 Å². The molecule has 0 saturated heterocycles. The maximum Gasteiger partial charge on any atom is 0.267 e. The lowest BCUT2D eigenvalue weighted by molar-refractivity contribution is -0.124. The van der Waals surface area contributed by atoms with Gasteiger partial charge in [-0.05, 0) is 41.5 Å². The zero-order chi connectivity index (χ0) is 15.9. The second kappa shape index (κ2) is 7.84. The Balaban J connectivity index is 2.12. The predicted molar refractivity (Wildman–Crippen MR) is 89.2 cm³/mol. The number of anilines is 1. The third-order valence-corrected chi connectivity index (χ3v) is 3.33. The minimum absolute atomic E-state index is 0.539. The molecule has 0 fully saturated rings. The molecule has 0 aromatic heterocycles. The molecule has 114 valence electrons. The number of halogens is 2. The van der Waals surface area contributed by atoms with E-state index < -0.39 is 5.91 Å². The van der Waals surface area contributed by atoms with E-state index in [0.717, 1.165) is 16.8 Å². The number of rotatable bonds is 5. The summed E-state index contributed by atoms with van der Waals surface area (Å²) in [6, 6.07) is 12.8. The first kappa shape index (κ1) is 16.4. The van der Waals surface area contributed by atoms with Gasteiger partial charge >= 0.3 is 0 Å². The van der Waals surface area contributed by atoms with Crippen molar-refractivity contribution < 1.29 is 10.0 Å². The van der Waals surface area contributed by atoms with Crippen molar-refractivity contribution in [2.24, 2.45) is 0 Å². The first-order chi connectivity index (χ1) is 10.6. The molecule has 0 aliphatic rings. The predicted octanol–water partition coefficient (Wildman–Crippen LogP) is 4.12. The van der Waals surface area contributed by atoms with E-state index in [1.54, 1.807) is 17.6 Å². The van der Waals surface area contributed by atoms with E-state index in [9.17, 15) is 4.79 Å². The number of carbonyl (C=O) groups excluding carboxylic acids is 1. The molecule has 0 unspecified atom stereocenters. The third kappa shape index (κ3) is 4.77. The summed E-state index contributed by atoms with van der Waals surface area (Å²) in [6.07, 6.45) is 2.86. The molecular formula is C16H14Cl2N2O2. The number of nitrogens with one attached hydrogen (secondary N) is 2. The van der Waals surface area contributed by atoms with Gasteiger partial charge in [-0.3, -0.25) is 10.0 Å². The molecule has 22 heavy (non-hydrogen) atoms. The summed E-state index contributed by atoms with van der Waals surface area (Å²) in [6.45, 7) is 0.539. The highest BCUT2D eigenvalue weighted by Crippen LogP contribution is 2.21. The van der Waals surface area contributed by atoms with E-state index in [1.807, 2.05) is 36.4 Å². The summed E-state index contributed by atoms with van der Waals surface area (Å²) in [4.78, 5) is 11.1. The van der Waals surface area contributed by atoms with Gasteiger partial charge in [-0.25, -0.2) is 5.48 Å². The van der Waals surface area contributed by atoms with Gasteiger partial charge in [0.05, 0.1) is 0 Å². The number of hydroxylamine groups is 1.